The van der Waals surface area contributed by atoms with Crippen LogP contribution in [0.4, 0.5) is 56.9 Å². The van der Waals surface area contributed by atoms with Crippen LogP contribution in [0.15, 0.2) is 181 Å². The van der Waals surface area contributed by atoms with Gasteiger partial charge in [-0.15, -0.1) is 20.5 Å². The van der Waals surface area contributed by atoms with Crippen molar-refractivity contribution in [3.8, 4) is 11.5 Å². The van der Waals surface area contributed by atoms with Crippen molar-refractivity contribution >= 4 is 117 Å². The highest BCUT2D eigenvalue weighted by Crippen LogP contribution is 2.44. The molecular formula is C47H34N8O13S2. The molecule has 8 aromatic carbocycles. The Bertz CT molecular complexity index is 3740. The molecule has 0 aliphatic rings. The van der Waals surface area contributed by atoms with Crippen LogP contribution in [0.1, 0.15) is 20.7 Å². The maximum Gasteiger partial charge on any atom is 0.338 e. The summed E-state index contributed by atoms with van der Waals surface area (Å²) in [5.74, 6) is -4.47. The topological polar surface area (TPSA) is 342 Å². The van der Waals surface area contributed by atoms with Crippen LogP contribution in [0.25, 0.3) is 21.5 Å². The molecule has 0 atom stereocenters. The summed E-state index contributed by atoms with van der Waals surface area (Å²) in [6.45, 7) is 0. The first kappa shape index (κ1) is 47.2. The van der Waals surface area contributed by atoms with E-state index in [0.29, 0.717) is 11.4 Å². The third-order valence-corrected chi connectivity index (χ3v) is 12.0. The van der Waals surface area contributed by atoms with Gasteiger partial charge in [0.15, 0.2) is 11.5 Å². The lowest BCUT2D eigenvalue weighted by Gasteiger charge is -2.12. The number of azo groups is 2. The van der Waals surface area contributed by atoms with Crippen molar-refractivity contribution in [3.05, 3.63) is 157 Å². The molecule has 0 bridgehead atoms. The molecule has 0 aliphatic heterocycles. The average Bonchev–Trinajstić information content (AvgIpc) is 3.31. The molecule has 23 heteroatoms. The zero-order valence-electron chi connectivity index (χ0n) is 35.5. The van der Waals surface area contributed by atoms with Crippen LogP contribution in [-0.2, 0) is 20.2 Å². The van der Waals surface area contributed by atoms with Crippen molar-refractivity contribution < 1.29 is 61.1 Å². The van der Waals surface area contributed by atoms with E-state index >= 15 is 0 Å². The second-order valence-electron chi connectivity index (χ2n) is 15.0. The van der Waals surface area contributed by atoms with Gasteiger partial charge in [-0.1, -0.05) is 36.4 Å². The highest BCUT2D eigenvalue weighted by Gasteiger charge is 2.25. The summed E-state index contributed by atoms with van der Waals surface area (Å²) in [4.78, 5) is 26.9. The summed E-state index contributed by atoms with van der Waals surface area (Å²) in [6.07, 6.45) is 0. The molecule has 8 rings (SSSR count). The van der Waals surface area contributed by atoms with E-state index in [9.17, 15) is 61.1 Å². The van der Waals surface area contributed by atoms with E-state index in [0.717, 1.165) is 47.8 Å². The highest BCUT2D eigenvalue weighted by molar-refractivity contribution is 7.86. The number of nitrogens with one attached hydrogen (secondary N) is 3. The van der Waals surface area contributed by atoms with Gasteiger partial charge in [0.25, 0.3) is 26.3 Å². The molecule has 10 N–H and O–H groups in total. The second-order valence-corrected chi connectivity index (χ2v) is 17.7. The van der Waals surface area contributed by atoms with Gasteiger partial charge < -0.3 is 41.5 Å². The third kappa shape index (κ3) is 10.5. The minimum Gasteiger partial charge on any atom is -0.505 e. The Hall–Kier alpha value is -9.29. The zero-order valence-corrected chi connectivity index (χ0v) is 37.1. The van der Waals surface area contributed by atoms with Gasteiger partial charge in [-0.3, -0.25) is 9.11 Å². The fourth-order valence-corrected chi connectivity index (χ4v) is 8.35. The minimum absolute atomic E-state index is 0.0814. The van der Waals surface area contributed by atoms with Gasteiger partial charge in [0.05, 0.1) is 16.8 Å². The number of hydrogen-bond acceptors (Lipinski definition) is 15. The average molecular weight is 983 g/mol. The van der Waals surface area contributed by atoms with Crippen LogP contribution in [0, 0.1) is 0 Å². The van der Waals surface area contributed by atoms with E-state index in [2.05, 4.69) is 41.4 Å². The first-order valence-corrected chi connectivity index (χ1v) is 23.0. The normalized spacial score (nSPS) is 12.2. The highest BCUT2D eigenvalue weighted by atomic mass is 32.2. The van der Waals surface area contributed by atoms with Gasteiger partial charge in [0.2, 0.25) is 0 Å². The molecule has 0 spiro atoms. The molecule has 0 amide bonds. The Morgan fingerprint density at radius 1 is 0.457 bits per heavy atom. The number of phenolic OH excluding ortho intramolecular Hbond substituents is 2. The largest absolute Gasteiger partial charge is 0.505 e. The van der Waals surface area contributed by atoms with Crippen LogP contribution in [-0.4, -0.2) is 69.4 Å². The van der Waals surface area contributed by atoms with Crippen LogP contribution in [0.2, 0.25) is 0 Å². The molecule has 0 fully saturated rings. The third-order valence-electron chi connectivity index (χ3n) is 10.2. The Morgan fingerprint density at radius 2 is 0.886 bits per heavy atom. The standard InChI is InChI=1S/C47H34N8O13S2/c56-43-33-15-11-29(48-27-7-3-1-4-8-27)19-25(33)21-39(69(63,64)65)41(43)54-52-37-17-13-31(23-35(37)45(58)59)50-47(62)51-32-14-18-38(36(24-32)46(60)61)53-55-42-40(70(66,67)68)22-26-20-30(12-16-34(26)44(42)57)49-28-9-5-2-6-10-28/h1-24,48-49,56-57H,(H,58,59)(H,60,61)(H2,50,51,62)(H,63,64,65)(H,66,67,68). The van der Waals surface area contributed by atoms with Crippen LogP contribution in [0.5, 0.6) is 11.5 Å². The number of aliphatic hydroxyl groups is 1. The number of benzene rings is 8. The number of aliphatic hydroxyl groups excluding tert-OH is 1. The molecule has 0 aromatic heterocycles. The minimum atomic E-state index is -5.03. The Morgan fingerprint density at radius 3 is 1.33 bits per heavy atom. The van der Waals surface area contributed by atoms with E-state index < -0.39 is 82.0 Å². The number of rotatable bonds is 14. The molecule has 0 heterocycles. The number of anilines is 5. The molecule has 0 aliphatic carbocycles. The van der Waals surface area contributed by atoms with E-state index in [-0.39, 0.29) is 44.3 Å². The lowest BCUT2D eigenvalue weighted by atomic mass is 10.1. The summed E-state index contributed by atoms with van der Waals surface area (Å²) in [6, 6.07) is 35.2. The molecule has 70 heavy (non-hydrogen) atoms. The molecule has 352 valence electrons. The van der Waals surface area contributed by atoms with Crippen LogP contribution >= 0.6 is 0 Å². The van der Waals surface area contributed by atoms with Crippen molar-refractivity contribution in [3.63, 3.8) is 0 Å². The summed E-state index contributed by atoms with van der Waals surface area (Å²) >= 11 is 0. The Balaban J connectivity index is 1.04. The number of aromatic hydroxyl groups is 2. The number of nitrogens with zero attached hydrogens (tertiary/aromatic N) is 5. The van der Waals surface area contributed by atoms with E-state index in [1.54, 1.807) is 60.7 Å². The van der Waals surface area contributed by atoms with Gasteiger partial charge in [-0.25, -0.2) is 9.59 Å². The lowest BCUT2D eigenvalue weighted by Crippen LogP contribution is -2.11. The number of aliphatic imine (C=N–C) groups is 1. The number of para-hydroxylation sites is 2. The fraction of sp³-hybridized carbons (Fsp3) is 0. The van der Waals surface area contributed by atoms with Gasteiger partial charge in [-0.2, -0.15) is 21.8 Å². The first-order chi connectivity index (χ1) is 33.3. The number of phenols is 2. The van der Waals surface area contributed by atoms with E-state index in [1.807, 2.05) is 12.1 Å². The van der Waals surface area contributed by atoms with Crippen molar-refractivity contribution in [1.29, 1.82) is 0 Å². The zero-order chi connectivity index (χ0) is 49.9. The molecule has 0 unspecified atom stereocenters. The number of hydrogen-bond donors (Lipinski definition) is 10. The van der Waals surface area contributed by atoms with E-state index in [4.69, 9.17) is 0 Å². The van der Waals surface area contributed by atoms with E-state index in [1.165, 1.54) is 36.4 Å². The summed E-state index contributed by atoms with van der Waals surface area (Å²) in [7, 11) is -10.1. The smallest absolute Gasteiger partial charge is 0.338 e. The van der Waals surface area contributed by atoms with Crippen LogP contribution in [0.3, 0.4) is 0 Å². The van der Waals surface area contributed by atoms with Crippen molar-refractivity contribution in [1.82, 2.24) is 0 Å². The Labute approximate surface area is 395 Å². The van der Waals surface area contributed by atoms with Crippen LogP contribution < -0.4 is 16.0 Å². The van der Waals surface area contributed by atoms with Gasteiger partial charge in [0.1, 0.15) is 32.5 Å². The summed E-state index contributed by atoms with van der Waals surface area (Å²) in [5, 5.41) is 77.8. The number of fused-ring (bicyclic) bond motifs is 2. The van der Waals surface area contributed by atoms with Crippen molar-refractivity contribution in [2.75, 3.05) is 16.0 Å². The molecule has 0 saturated heterocycles. The predicted octanol–water partition coefficient (Wildman–Crippen LogP) is 11.3. The second kappa shape index (κ2) is 19.1. The molecular weight excluding hydrogens is 949 g/mol. The molecule has 0 saturated carbocycles. The molecule has 0 radical (unpaired) electrons. The molecule has 21 nitrogen and oxygen atoms in total. The number of carboxylic acid groups (broad SMARTS) is 2. The lowest BCUT2D eigenvalue weighted by molar-refractivity contribution is 0.0687. The summed E-state index contributed by atoms with van der Waals surface area (Å²) in [5.41, 5.74) is -0.913. The quantitative estimate of drug-likeness (QED) is 0.0209. The maximum atomic E-state index is 12.5. The van der Waals surface area contributed by atoms with Gasteiger partial charge >= 0.3 is 11.9 Å². The number of carbonyl (C=O) groups is 2. The van der Waals surface area contributed by atoms with Crippen molar-refractivity contribution in [2.45, 2.75) is 9.79 Å². The fourth-order valence-electron chi connectivity index (χ4n) is 7.03. The maximum absolute atomic E-state index is 12.5. The first-order valence-electron chi connectivity index (χ1n) is 20.1. The number of amidine groups is 1. The molecule has 8 aromatic rings. The van der Waals surface area contributed by atoms with Crippen molar-refractivity contribution in [2.24, 2.45) is 25.4 Å². The monoisotopic (exact) mass is 982 g/mol. The SMILES string of the molecule is O=C(O)c1cc(N=C(O)Nc2ccc(N=Nc3c(S(=O)(=O)O)cc4cc(Nc5ccccc5)ccc4c3O)c(C(=O)O)c2)ccc1N=Nc1c(S(=O)(=O)O)cc2cc(Nc3ccccc3)ccc2c1O. The summed E-state index contributed by atoms with van der Waals surface area (Å²) < 4.78 is 70.1. The Kier molecular flexibility index (Phi) is 12.9. The van der Waals surface area contributed by atoms with Gasteiger partial charge in [0, 0.05) is 39.2 Å². The number of aromatic carboxylic acids is 2. The number of carboxylic acids is 2. The predicted molar refractivity (Wildman–Crippen MR) is 259 cm³/mol. The van der Waals surface area contributed by atoms with Gasteiger partial charge in [-0.05, 0) is 120 Å².